The van der Waals surface area contributed by atoms with E-state index in [1.807, 2.05) is 37.3 Å². The first-order valence-electron chi connectivity index (χ1n) is 8.77. The SMILES string of the molecule is CCCC(C)(N)C(=O)NCc1ccccc1CN(C)Cc1ccco1.Cl. The third kappa shape index (κ3) is 6.48. The first-order chi connectivity index (χ1) is 11.9. The number of carbonyl (C=O) groups is 1. The van der Waals surface area contributed by atoms with Crippen molar-refractivity contribution in [2.24, 2.45) is 5.73 Å². The lowest BCUT2D eigenvalue weighted by Crippen LogP contribution is -2.51. The van der Waals surface area contributed by atoms with Gasteiger partial charge in [-0.15, -0.1) is 12.4 Å². The summed E-state index contributed by atoms with van der Waals surface area (Å²) >= 11 is 0. The van der Waals surface area contributed by atoms with Crippen molar-refractivity contribution in [3.05, 3.63) is 59.5 Å². The van der Waals surface area contributed by atoms with Crippen LogP contribution in [0.1, 0.15) is 43.6 Å². The number of carbonyl (C=O) groups excluding carboxylic acids is 1. The summed E-state index contributed by atoms with van der Waals surface area (Å²) in [5.41, 5.74) is 7.57. The van der Waals surface area contributed by atoms with E-state index < -0.39 is 5.54 Å². The molecule has 0 saturated heterocycles. The van der Waals surface area contributed by atoms with Gasteiger partial charge < -0.3 is 15.5 Å². The Morgan fingerprint density at radius 3 is 2.50 bits per heavy atom. The van der Waals surface area contributed by atoms with Crippen LogP contribution in [0.4, 0.5) is 0 Å². The Kier molecular flexibility index (Phi) is 8.85. The molecular formula is C20H30ClN3O2. The number of nitrogens with one attached hydrogen (secondary N) is 1. The number of nitrogens with zero attached hydrogens (tertiary/aromatic N) is 1. The Morgan fingerprint density at radius 1 is 1.19 bits per heavy atom. The Bertz CT molecular complexity index is 671. The van der Waals surface area contributed by atoms with Crippen molar-refractivity contribution in [1.29, 1.82) is 0 Å². The zero-order chi connectivity index (χ0) is 18.3. The molecule has 1 heterocycles. The molecule has 1 aromatic carbocycles. The molecule has 0 saturated carbocycles. The van der Waals surface area contributed by atoms with Crippen molar-refractivity contribution in [2.75, 3.05) is 7.05 Å². The zero-order valence-corrected chi connectivity index (χ0v) is 16.6. The predicted octanol–water partition coefficient (Wildman–Crippen LogP) is 3.47. The van der Waals surface area contributed by atoms with Crippen LogP contribution in [-0.4, -0.2) is 23.4 Å². The standard InChI is InChI=1S/C20H29N3O2.ClH/c1-4-11-20(2,21)19(24)22-13-16-8-5-6-9-17(16)14-23(3)15-18-10-7-12-25-18;/h5-10,12H,4,11,13-15,21H2,1-3H3,(H,22,24);1H. The Labute approximate surface area is 162 Å². The predicted molar refractivity (Wildman–Crippen MR) is 107 cm³/mol. The smallest absolute Gasteiger partial charge is 0.240 e. The number of hydrogen-bond donors (Lipinski definition) is 2. The van der Waals surface area contributed by atoms with Crippen LogP contribution in [0, 0.1) is 0 Å². The minimum absolute atomic E-state index is 0. The molecule has 2 aromatic rings. The molecule has 1 atom stereocenters. The van der Waals surface area contributed by atoms with Gasteiger partial charge in [-0.1, -0.05) is 37.6 Å². The van der Waals surface area contributed by atoms with Crippen LogP contribution in [-0.2, 0) is 24.4 Å². The second-order valence-electron chi connectivity index (χ2n) is 6.87. The highest BCUT2D eigenvalue weighted by Crippen LogP contribution is 2.14. The molecule has 1 amide bonds. The summed E-state index contributed by atoms with van der Waals surface area (Å²) in [5.74, 6) is 0.833. The van der Waals surface area contributed by atoms with Gasteiger partial charge in [0.25, 0.3) is 0 Å². The van der Waals surface area contributed by atoms with Crippen molar-refractivity contribution >= 4 is 18.3 Å². The van der Waals surface area contributed by atoms with Gasteiger partial charge in [-0.2, -0.15) is 0 Å². The van der Waals surface area contributed by atoms with E-state index in [9.17, 15) is 4.79 Å². The highest BCUT2D eigenvalue weighted by atomic mass is 35.5. The molecule has 144 valence electrons. The highest BCUT2D eigenvalue weighted by molar-refractivity contribution is 5.85. The van der Waals surface area contributed by atoms with Crippen LogP contribution in [0.25, 0.3) is 0 Å². The summed E-state index contributed by atoms with van der Waals surface area (Å²) in [5, 5.41) is 2.98. The number of benzene rings is 1. The highest BCUT2D eigenvalue weighted by Gasteiger charge is 2.26. The fourth-order valence-corrected chi connectivity index (χ4v) is 2.91. The molecule has 26 heavy (non-hydrogen) atoms. The van der Waals surface area contributed by atoms with E-state index in [-0.39, 0.29) is 18.3 Å². The maximum Gasteiger partial charge on any atom is 0.240 e. The average Bonchev–Trinajstić information content (AvgIpc) is 3.06. The van der Waals surface area contributed by atoms with Crippen molar-refractivity contribution < 1.29 is 9.21 Å². The minimum atomic E-state index is -0.820. The summed E-state index contributed by atoms with van der Waals surface area (Å²) in [7, 11) is 2.05. The van der Waals surface area contributed by atoms with E-state index in [4.69, 9.17) is 10.2 Å². The van der Waals surface area contributed by atoms with Gasteiger partial charge in [0.05, 0.1) is 18.3 Å². The second kappa shape index (κ2) is 10.4. The van der Waals surface area contributed by atoms with Crippen molar-refractivity contribution in [2.45, 2.75) is 51.9 Å². The summed E-state index contributed by atoms with van der Waals surface area (Å²) in [6.45, 7) is 5.82. The molecule has 1 unspecified atom stereocenters. The van der Waals surface area contributed by atoms with Crippen LogP contribution < -0.4 is 11.1 Å². The van der Waals surface area contributed by atoms with Gasteiger partial charge >= 0.3 is 0 Å². The van der Waals surface area contributed by atoms with Gasteiger partial charge in [-0.3, -0.25) is 9.69 Å². The lowest BCUT2D eigenvalue weighted by molar-refractivity contribution is -0.126. The molecule has 0 spiro atoms. The molecule has 0 bridgehead atoms. The Morgan fingerprint density at radius 2 is 1.88 bits per heavy atom. The van der Waals surface area contributed by atoms with E-state index in [0.29, 0.717) is 13.0 Å². The number of hydrogen-bond acceptors (Lipinski definition) is 4. The van der Waals surface area contributed by atoms with Crippen molar-refractivity contribution in [1.82, 2.24) is 10.2 Å². The summed E-state index contributed by atoms with van der Waals surface area (Å²) in [6, 6.07) is 12.0. The third-order valence-corrected chi connectivity index (χ3v) is 4.29. The number of nitrogens with two attached hydrogens (primary N) is 1. The van der Waals surface area contributed by atoms with E-state index in [2.05, 4.69) is 23.3 Å². The average molecular weight is 380 g/mol. The molecule has 1 aromatic heterocycles. The van der Waals surface area contributed by atoms with Gasteiger partial charge in [0.15, 0.2) is 0 Å². The maximum atomic E-state index is 12.3. The molecule has 0 aliphatic carbocycles. The topological polar surface area (TPSA) is 71.5 Å². The fourth-order valence-electron chi connectivity index (χ4n) is 2.91. The monoisotopic (exact) mass is 379 g/mol. The van der Waals surface area contributed by atoms with E-state index in [0.717, 1.165) is 30.8 Å². The summed E-state index contributed by atoms with van der Waals surface area (Å²) in [6.07, 6.45) is 3.24. The number of rotatable bonds is 9. The molecule has 2 rings (SSSR count). The van der Waals surface area contributed by atoms with E-state index in [1.165, 1.54) is 5.56 Å². The van der Waals surface area contributed by atoms with Crippen LogP contribution in [0.2, 0.25) is 0 Å². The number of furan rings is 1. The lowest BCUT2D eigenvalue weighted by Gasteiger charge is -2.23. The van der Waals surface area contributed by atoms with Crippen molar-refractivity contribution in [3.63, 3.8) is 0 Å². The third-order valence-electron chi connectivity index (χ3n) is 4.29. The Balaban J connectivity index is 0.00000338. The first kappa shape index (κ1) is 22.2. The second-order valence-corrected chi connectivity index (χ2v) is 6.87. The van der Waals surface area contributed by atoms with E-state index in [1.54, 1.807) is 13.2 Å². The molecule has 0 fully saturated rings. The van der Waals surface area contributed by atoms with Gasteiger partial charge in [0.2, 0.25) is 5.91 Å². The van der Waals surface area contributed by atoms with Crippen LogP contribution in [0.5, 0.6) is 0 Å². The fraction of sp³-hybridized carbons (Fsp3) is 0.450. The van der Waals surface area contributed by atoms with Crippen LogP contribution >= 0.6 is 12.4 Å². The van der Waals surface area contributed by atoms with Crippen molar-refractivity contribution in [3.8, 4) is 0 Å². The van der Waals surface area contributed by atoms with Gasteiger partial charge in [0, 0.05) is 13.1 Å². The quantitative estimate of drug-likeness (QED) is 0.699. The number of halogens is 1. The van der Waals surface area contributed by atoms with Gasteiger partial charge in [-0.25, -0.2) is 0 Å². The Hall–Kier alpha value is -1.82. The summed E-state index contributed by atoms with van der Waals surface area (Å²) < 4.78 is 5.40. The minimum Gasteiger partial charge on any atom is -0.468 e. The zero-order valence-electron chi connectivity index (χ0n) is 15.8. The van der Waals surface area contributed by atoms with Gasteiger partial charge in [-0.05, 0) is 43.7 Å². The molecule has 5 nitrogen and oxygen atoms in total. The lowest BCUT2D eigenvalue weighted by atomic mass is 9.96. The number of amides is 1. The first-order valence-corrected chi connectivity index (χ1v) is 8.77. The van der Waals surface area contributed by atoms with Crippen LogP contribution in [0.3, 0.4) is 0 Å². The largest absolute Gasteiger partial charge is 0.468 e. The molecule has 6 heteroatoms. The molecule has 0 aliphatic rings. The maximum absolute atomic E-state index is 12.3. The molecule has 0 aliphatic heterocycles. The van der Waals surface area contributed by atoms with Crippen LogP contribution in [0.15, 0.2) is 47.1 Å². The normalized spacial score (nSPS) is 13.1. The molecular weight excluding hydrogens is 350 g/mol. The van der Waals surface area contributed by atoms with Gasteiger partial charge in [0.1, 0.15) is 5.76 Å². The summed E-state index contributed by atoms with van der Waals surface area (Å²) in [4.78, 5) is 14.5. The van der Waals surface area contributed by atoms with E-state index >= 15 is 0 Å². The molecule has 3 N–H and O–H groups in total. The molecule has 0 radical (unpaired) electrons.